The van der Waals surface area contributed by atoms with Crippen molar-refractivity contribution in [1.82, 2.24) is 5.32 Å². The molecule has 1 heterocycles. The van der Waals surface area contributed by atoms with Gasteiger partial charge in [-0.3, -0.25) is 4.79 Å². The summed E-state index contributed by atoms with van der Waals surface area (Å²) in [6.07, 6.45) is 0. The molecule has 0 amide bonds. The van der Waals surface area contributed by atoms with Gasteiger partial charge in [-0.15, -0.1) is 0 Å². The first-order valence-electron chi connectivity index (χ1n) is 11.7. The topological polar surface area (TPSA) is 64.6 Å². The van der Waals surface area contributed by atoms with E-state index < -0.39 is 11.9 Å². The zero-order valence-corrected chi connectivity index (χ0v) is 24.8. The second-order valence-electron chi connectivity index (χ2n) is 8.71. The predicted octanol–water partition coefficient (Wildman–Crippen LogP) is 7.68. The van der Waals surface area contributed by atoms with Gasteiger partial charge in [0, 0.05) is 32.8 Å². The minimum atomic E-state index is -0.608. The van der Waals surface area contributed by atoms with Gasteiger partial charge in [-0.05, 0) is 81.1 Å². The van der Waals surface area contributed by atoms with Crippen LogP contribution in [0.1, 0.15) is 46.8 Å². The van der Waals surface area contributed by atoms with E-state index in [2.05, 4.69) is 53.1 Å². The predicted molar refractivity (Wildman–Crippen MR) is 153 cm³/mol. The van der Waals surface area contributed by atoms with E-state index >= 15 is 0 Å². The van der Waals surface area contributed by atoms with Gasteiger partial charge in [-0.2, -0.15) is 0 Å². The molecule has 188 valence electrons. The van der Waals surface area contributed by atoms with Crippen LogP contribution in [0.4, 0.5) is 0 Å². The van der Waals surface area contributed by atoms with Crippen molar-refractivity contribution in [3.63, 3.8) is 0 Å². The third-order valence-electron chi connectivity index (χ3n) is 6.39. The summed E-state index contributed by atoms with van der Waals surface area (Å²) >= 11 is 10.8. The molecule has 0 aromatic heterocycles. The highest BCUT2D eigenvalue weighted by Crippen LogP contribution is 2.48. The van der Waals surface area contributed by atoms with E-state index in [4.69, 9.17) is 9.47 Å². The van der Waals surface area contributed by atoms with E-state index in [1.165, 1.54) is 0 Å². The standard InChI is InChI=1S/C29H22Br3NO4/c1-3-36-29(35)23-15(2)33-26-19-6-4-5-7-20(19)27(34)25(26)24(23)17-12-21(31)28(22(32)13-17)37-14-16-8-10-18(30)11-9-16/h4-13,24,33H,3,14H2,1-2H3/t24-/m1/s1. The molecule has 0 spiro atoms. The Morgan fingerprint density at radius 3 is 2.27 bits per heavy atom. The summed E-state index contributed by atoms with van der Waals surface area (Å²) in [6.45, 7) is 4.23. The van der Waals surface area contributed by atoms with Gasteiger partial charge < -0.3 is 14.8 Å². The Hall–Kier alpha value is -2.68. The van der Waals surface area contributed by atoms with Crippen LogP contribution in [0.2, 0.25) is 0 Å². The first-order chi connectivity index (χ1) is 17.8. The molecular weight excluding hydrogens is 666 g/mol. The summed E-state index contributed by atoms with van der Waals surface area (Å²) in [5.74, 6) is -0.520. The Balaban J connectivity index is 1.57. The van der Waals surface area contributed by atoms with Crippen molar-refractivity contribution in [2.75, 3.05) is 6.61 Å². The lowest BCUT2D eigenvalue weighted by atomic mass is 9.80. The number of ether oxygens (including phenoxy) is 2. The third kappa shape index (κ3) is 4.82. The first-order valence-corrected chi connectivity index (χ1v) is 14.1. The number of carbonyl (C=O) groups excluding carboxylic acids is 2. The maximum atomic E-state index is 13.6. The smallest absolute Gasteiger partial charge is 0.336 e. The van der Waals surface area contributed by atoms with E-state index in [-0.39, 0.29) is 12.4 Å². The van der Waals surface area contributed by atoms with Gasteiger partial charge in [0.25, 0.3) is 0 Å². The fourth-order valence-corrected chi connectivity index (χ4v) is 6.48. The second-order valence-corrected chi connectivity index (χ2v) is 11.3. The van der Waals surface area contributed by atoms with Crippen LogP contribution in [0.3, 0.4) is 0 Å². The lowest BCUT2D eigenvalue weighted by molar-refractivity contribution is -0.138. The number of ketones is 1. The number of Topliss-reactive ketones (excluding diaryl/α,β-unsaturated/α-hetero) is 1. The van der Waals surface area contributed by atoms with Crippen LogP contribution in [-0.4, -0.2) is 18.4 Å². The van der Waals surface area contributed by atoms with Crippen molar-refractivity contribution in [1.29, 1.82) is 0 Å². The fraction of sp³-hybridized carbons (Fsp3) is 0.172. The highest BCUT2D eigenvalue weighted by atomic mass is 79.9. The molecule has 0 saturated heterocycles. The average Bonchev–Trinajstić information content (AvgIpc) is 3.15. The number of halogens is 3. The molecule has 3 aromatic carbocycles. The van der Waals surface area contributed by atoms with Crippen LogP contribution in [0.15, 0.2) is 90.9 Å². The normalized spacial score (nSPS) is 16.4. The van der Waals surface area contributed by atoms with Gasteiger partial charge in [-0.25, -0.2) is 4.79 Å². The van der Waals surface area contributed by atoms with Gasteiger partial charge in [0.2, 0.25) is 0 Å². The molecule has 5 rings (SSSR count). The monoisotopic (exact) mass is 685 g/mol. The molecule has 1 N–H and O–H groups in total. The SMILES string of the molecule is CCOC(=O)C1=C(C)NC2=C(C(=O)c3ccccc32)[C@@H]1c1cc(Br)c(OCc2ccc(Br)cc2)c(Br)c1. The first kappa shape index (κ1) is 25.9. The van der Waals surface area contributed by atoms with Crippen molar-refractivity contribution >= 4 is 65.2 Å². The van der Waals surface area contributed by atoms with E-state index in [0.29, 0.717) is 43.7 Å². The summed E-state index contributed by atoms with van der Waals surface area (Å²) < 4.78 is 14.0. The lowest BCUT2D eigenvalue weighted by Crippen LogP contribution is -2.29. The number of rotatable bonds is 6. The van der Waals surface area contributed by atoms with E-state index in [1.807, 2.05) is 67.6 Å². The van der Waals surface area contributed by atoms with Gasteiger partial charge >= 0.3 is 5.97 Å². The number of fused-ring (bicyclic) bond motifs is 2. The van der Waals surface area contributed by atoms with E-state index in [1.54, 1.807) is 6.92 Å². The molecule has 0 radical (unpaired) electrons. The molecule has 0 fully saturated rings. The summed E-state index contributed by atoms with van der Waals surface area (Å²) in [6, 6.07) is 19.2. The van der Waals surface area contributed by atoms with Crippen LogP contribution in [0.5, 0.6) is 5.75 Å². The van der Waals surface area contributed by atoms with Crippen LogP contribution in [0, 0.1) is 0 Å². The lowest BCUT2D eigenvalue weighted by Gasteiger charge is -2.29. The molecule has 0 unspecified atom stereocenters. The zero-order valence-electron chi connectivity index (χ0n) is 20.0. The number of benzene rings is 3. The molecule has 2 aliphatic rings. The summed E-state index contributed by atoms with van der Waals surface area (Å²) in [5, 5.41) is 3.32. The summed E-state index contributed by atoms with van der Waals surface area (Å²) in [5.41, 5.74) is 5.61. The van der Waals surface area contributed by atoms with Gasteiger partial charge in [-0.1, -0.05) is 52.3 Å². The molecule has 1 atom stereocenters. The van der Waals surface area contributed by atoms with Gasteiger partial charge in [0.15, 0.2) is 5.78 Å². The van der Waals surface area contributed by atoms with Gasteiger partial charge in [0.05, 0.1) is 26.8 Å². The highest BCUT2D eigenvalue weighted by molar-refractivity contribution is 9.11. The van der Waals surface area contributed by atoms with Crippen LogP contribution >= 0.6 is 47.8 Å². The number of esters is 1. The Kier molecular flexibility index (Phi) is 7.43. The van der Waals surface area contributed by atoms with Crippen molar-refractivity contribution in [2.24, 2.45) is 0 Å². The summed E-state index contributed by atoms with van der Waals surface area (Å²) in [7, 11) is 0. The molecule has 3 aromatic rings. The maximum absolute atomic E-state index is 13.6. The Bertz CT molecular complexity index is 1470. The van der Waals surface area contributed by atoms with Crippen molar-refractivity contribution in [3.8, 4) is 5.75 Å². The van der Waals surface area contributed by atoms with Crippen molar-refractivity contribution < 1.29 is 19.1 Å². The molecule has 5 nitrogen and oxygen atoms in total. The molecule has 0 bridgehead atoms. The molecule has 1 aliphatic heterocycles. The third-order valence-corrected chi connectivity index (χ3v) is 8.10. The minimum Gasteiger partial charge on any atom is -0.487 e. The van der Waals surface area contributed by atoms with Crippen LogP contribution < -0.4 is 10.1 Å². The fourth-order valence-electron chi connectivity index (χ4n) is 4.76. The average molecular weight is 688 g/mol. The van der Waals surface area contributed by atoms with Crippen LogP contribution in [-0.2, 0) is 16.1 Å². The number of allylic oxidation sites excluding steroid dienone is 2. The largest absolute Gasteiger partial charge is 0.487 e. The Morgan fingerprint density at radius 1 is 0.973 bits per heavy atom. The van der Waals surface area contributed by atoms with E-state index in [9.17, 15) is 9.59 Å². The van der Waals surface area contributed by atoms with Crippen LogP contribution in [0.25, 0.3) is 5.70 Å². The number of hydrogen-bond donors (Lipinski definition) is 1. The summed E-state index contributed by atoms with van der Waals surface area (Å²) in [4.78, 5) is 26.8. The number of carbonyl (C=O) groups is 2. The number of hydrogen-bond acceptors (Lipinski definition) is 5. The number of dihydropyridines is 1. The Labute approximate surface area is 240 Å². The molecule has 8 heteroatoms. The maximum Gasteiger partial charge on any atom is 0.336 e. The molecule has 37 heavy (non-hydrogen) atoms. The molecule has 1 aliphatic carbocycles. The molecule has 0 saturated carbocycles. The van der Waals surface area contributed by atoms with Gasteiger partial charge in [0.1, 0.15) is 12.4 Å². The minimum absolute atomic E-state index is 0.0970. The van der Waals surface area contributed by atoms with Crippen molar-refractivity contribution in [3.05, 3.63) is 113 Å². The molecular formula is C29H22Br3NO4. The highest BCUT2D eigenvalue weighted by Gasteiger charge is 2.43. The zero-order chi connectivity index (χ0) is 26.3. The van der Waals surface area contributed by atoms with Crippen molar-refractivity contribution in [2.45, 2.75) is 26.4 Å². The van der Waals surface area contributed by atoms with E-state index in [0.717, 1.165) is 26.9 Å². The Morgan fingerprint density at radius 2 is 1.62 bits per heavy atom. The number of nitrogens with one attached hydrogen (secondary N) is 1. The quantitative estimate of drug-likeness (QED) is 0.270. The second kappa shape index (κ2) is 10.6.